The highest BCUT2D eigenvalue weighted by Crippen LogP contribution is 2.31. The fraction of sp³-hybridized carbons (Fsp3) is 0.211. The molecule has 0 amide bonds. The molecule has 4 aromatic rings. The number of carbonyl (C=O) groups is 2. The van der Waals surface area contributed by atoms with Crippen LogP contribution in [-0.4, -0.2) is 56.1 Å². The van der Waals surface area contributed by atoms with Crippen LogP contribution < -0.4 is 18.9 Å². The van der Waals surface area contributed by atoms with Crippen LogP contribution in [0.25, 0.3) is 12.2 Å². The van der Waals surface area contributed by atoms with Gasteiger partial charge in [0.25, 0.3) is 0 Å². The van der Waals surface area contributed by atoms with E-state index in [2.05, 4.69) is 18.9 Å². The minimum Gasteiger partial charge on any atom is -0.466 e. The van der Waals surface area contributed by atoms with Gasteiger partial charge in [-0.15, -0.1) is 0 Å². The van der Waals surface area contributed by atoms with Crippen LogP contribution in [0.4, 0.5) is 17.6 Å². The summed E-state index contributed by atoms with van der Waals surface area (Å²) >= 11 is 0. The van der Waals surface area contributed by atoms with Gasteiger partial charge in [0, 0.05) is 24.2 Å². The summed E-state index contributed by atoms with van der Waals surface area (Å²) in [7, 11) is -5.68. The zero-order valence-electron chi connectivity index (χ0n) is 30.3. The summed E-state index contributed by atoms with van der Waals surface area (Å²) in [5.74, 6) is -7.15. The van der Waals surface area contributed by atoms with Crippen LogP contribution in [0.5, 0.6) is 23.0 Å². The lowest BCUT2D eigenvalue weighted by Gasteiger charge is -2.11. The zero-order chi connectivity index (χ0) is 41.2. The quantitative estimate of drug-likeness (QED) is 0.0490. The molecule has 12 nitrogen and oxygen atoms in total. The third-order valence-electron chi connectivity index (χ3n) is 7.72. The number of methoxy groups -OCH3 is 2. The molecular formula is C38H36F4N2O10S2. The van der Waals surface area contributed by atoms with Crippen LogP contribution in [0.2, 0.25) is 0 Å². The first kappa shape index (κ1) is 43.2. The van der Waals surface area contributed by atoms with Crippen molar-refractivity contribution in [3.8, 4) is 23.0 Å². The highest BCUT2D eigenvalue weighted by Gasteiger charge is 2.19. The van der Waals surface area contributed by atoms with Gasteiger partial charge in [-0.2, -0.15) is 0 Å². The first-order valence-corrected chi connectivity index (χ1v) is 19.5. The molecule has 18 heteroatoms. The molecular weight excluding hydrogens is 785 g/mol. The van der Waals surface area contributed by atoms with Crippen molar-refractivity contribution in [3.63, 3.8) is 0 Å². The fourth-order valence-corrected chi connectivity index (χ4v) is 7.05. The molecule has 2 N–H and O–H groups in total. The summed E-state index contributed by atoms with van der Waals surface area (Å²) < 4.78 is 134. The Morgan fingerprint density at radius 1 is 0.571 bits per heavy atom. The minimum atomic E-state index is -4.01. The van der Waals surface area contributed by atoms with Gasteiger partial charge in [-0.25, -0.2) is 53.4 Å². The predicted octanol–water partition coefficient (Wildman–Crippen LogP) is 7.02. The molecule has 0 heterocycles. The van der Waals surface area contributed by atoms with E-state index in [1.807, 2.05) is 0 Å². The van der Waals surface area contributed by atoms with Gasteiger partial charge < -0.3 is 18.9 Å². The number of hydrogen-bond donors (Lipinski definition) is 2. The van der Waals surface area contributed by atoms with E-state index in [1.165, 1.54) is 88.8 Å². The van der Waals surface area contributed by atoms with E-state index >= 15 is 0 Å². The van der Waals surface area contributed by atoms with Gasteiger partial charge in [0.2, 0.25) is 20.0 Å². The standard InChI is InChI=1S/C38H36F4N2O10S2/c1-23(37(45)51-3)17-25-19-31(39)35(32(40)20-25)53-27-7-11-29(12-8-27)55(47,48)43-15-5-6-16-44-56(49,50)30-13-9-28(10-14-30)54-36-33(41)21-26(22-34(36)42)18-24(2)38(46)52-4/h7-14,17-22,43-44H,5-6,15-16H2,1-4H3. The van der Waals surface area contributed by atoms with Gasteiger partial charge in [-0.05, 0) is 123 Å². The third-order valence-corrected chi connectivity index (χ3v) is 10.7. The second-order valence-electron chi connectivity index (χ2n) is 11.9. The Morgan fingerprint density at radius 3 is 1.16 bits per heavy atom. The van der Waals surface area contributed by atoms with Crippen molar-refractivity contribution in [1.29, 1.82) is 0 Å². The summed E-state index contributed by atoms with van der Waals surface area (Å²) in [5, 5.41) is 0. The monoisotopic (exact) mass is 820 g/mol. The molecule has 0 radical (unpaired) electrons. The molecule has 0 atom stereocenters. The normalized spacial score (nSPS) is 12.3. The lowest BCUT2D eigenvalue weighted by atomic mass is 10.1. The Labute approximate surface area is 320 Å². The SMILES string of the molecule is COC(=O)C(C)=Cc1cc(F)c(Oc2ccc(S(=O)(=O)NCCCCNS(=O)(=O)c3ccc(Oc4c(F)cc(C=C(C)C(=O)OC)cc4F)cc3)cc2)c(F)c1. The van der Waals surface area contributed by atoms with Gasteiger partial charge >= 0.3 is 11.9 Å². The molecule has 4 aromatic carbocycles. The number of carbonyl (C=O) groups excluding carboxylic acids is 2. The van der Waals surface area contributed by atoms with Crippen LogP contribution in [-0.2, 0) is 39.1 Å². The van der Waals surface area contributed by atoms with Gasteiger partial charge in [0.05, 0.1) is 24.0 Å². The Balaban J connectivity index is 1.25. The molecule has 4 rings (SSSR count). The fourth-order valence-electron chi connectivity index (χ4n) is 4.90. The molecule has 0 fully saturated rings. The number of sulfonamides is 2. The predicted molar refractivity (Wildman–Crippen MR) is 197 cm³/mol. The molecule has 0 saturated carbocycles. The average molecular weight is 821 g/mol. The Morgan fingerprint density at radius 2 is 0.875 bits per heavy atom. The number of ether oxygens (including phenoxy) is 4. The molecule has 0 aliphatic rings. The van der Waals surface area contributed by atoms with Crippen molar-refractivity contribution in [3.05, 3.63) is 118 Å². The molecule has 298 valence electrons. The van der Waals surface area contributed by atoms with Crippen LogP contribution in [0.15, 0.2) is 93.7 Å². The van der Waals surface area contributed by atoms with E-state index in [9.17, 15) is 44.0 Å². The number of hydrogen-bond acceptors (Lipinski definition) is 10. The maximum atomic E-state index is 14.6. The molecule has 0 saturated heterocycles. The number of nitrogens with one attached hydrogen (secondary N) is 2. The molecule has 0 bridgehead atoms. The maximum absolute atomic E-state index is 14.6. The lowest BCUT2D eigenvalue weighted by Crippen LogP contribution is -2.27. The average Bonchev–Trinajstić information content (AvgIpc) is 3.15. The Kier molecular flexibility index (Phi) is 14.5. The van der Waals surface area contributed by atoms with Crippen LogP contribution >= 0.6 is 0 Å². The number of esters is 2. The summed E-state index contributed by atoms with van der Waals surface area (Å²) in [6, 6.07) is 13.4. The summed E-state index contributed by atoms with van der Waals surface area (Å²) in [4.78, 5) is 22.8. The van der Waals surface area contributed by atoms with Gasteiger partial charge in [-0.1, -0.05) is 0 Å². The summed E-state index contributed by atoms with van der Waals surface area (Å²) in [6.07, 6.45) is 2.96. The number of unbranched alkanes of at least 4 members (excludes halogenated alkanes) is 1. The van der Waals surface area contributed by atoms with E-state index in [1.54, 1.807) is 0 Å². The molecule has 0 aromatic heterocycles. The second-order valence-corrected chi connectivity index (χ2v) is 15.4. The highest BCUT2D eigenvalue weighted by atomic mass is 32.2. The Bertz CT molecular complexity index is 2160. The smallest absolute Gasteiger partial charge is 0.333 e. The number of rotatable bonds is 17. The minimum absolute atomic E-state index is 0.0453. The topological polar surface area (TPSA) is 163 Å². The highest BCUT2D eigenvalue weighted by molar-refractivity contribution is 7.89. The van der Waals surface area contributed by atoms with Gasteiger partial charge in [0.1, 0.15) is 11.5 Å². The molecule has 0 spiro atoms. The molecule has 0 unspecified atom stereocenters. The van der Waals surface area contributed by atoms with E-state index in [-0.39, 0.29) is 69.5 Å². The van der Waals surface area contributed by atoms with Crippen LogP contribution in [0.3, 0.4) is 0 Å². The van der Waals surface area contributed by atoms with Crippen molar-refractivity contribution in [2.45, 2.75) is 36.5 Å². The summed E-state index contributed by atoms with van der Waals surface area (Å²) in [6.45, 7) is 2.74. The first-order chi connectivity index (χ1) is 26.4. The van der Waals surface area contributed by atoms with E-state index in [0.717, 1.165) is 24.3 Å². The van der Waals surface area contributed by atoms with Crippen molar-refractivity contribution in [2.75, 3.05) is 27.3 Å². The zero-order valence-corrected chi connectivity index (χ0v) is 32.0. The molecule has 0 aliphatic carbocycles. The lowest BCUT2D eigenvalue weighted by molar-refractivity contribution is -0.136. The number of halogens is 4. The third kappa shape index (κ3) is 11.5. The largest absolute Gasteiger partial charge is 0.466 e. The second kappa shape index (κ2) is 18.9. The van der Waals surface area contributed by atoms with E-state index in [0.29, 0.717) is 0 Å². The molecule has 56 heavy (non-hydrogen) atoms. The molecule has 0 aliphatic heterocycles. The summed E-state index contributed by atoms with van der Waals surface area (Å²) in [5.41, 5.74) is 0.346. The Hall–Kier alpha value is -5.56. The van der Waals surface area contributed by atoms with Gasteiger partial charge in [-0.3, -0.25) is 0 Å². The van der Waals surface area contributed by atoms with Crippen molar-refractivity contribution in [2.24, 2.45) is 0 Å². The van der Waals surface area contributed by atoms with Gasteiger partial charge in [0.15, 0.2) is 34.8 Å². The van der Waals surface area contributed by atoms with Crippen LogP contribution in [0.1, 0.15) is 37.8 Å². The van der Waals surface area contributed by atoms with Crippen molar-refractivity contribution >= 4 is 44.1 Å². The maximum Gasteiger partial charge on any atom is 0.333 e. The van der Waals surface area contributed by atoms with Crippen molar-refractivity contribution in [1.82, 2.24) is 9.44 Å². The first-order valence-electron chi connectivity index (χ1n) is 16.5. The number of benzene rings is 4. The van der Waals surface area contributed by atoms with Crippen LogP contribution in [0, 0.1) is 23.3 Å². The van der Waals surface area contributed by atoms with E-state index < -0.39 is 66.8 Å². The van der Waals surface area contributed by atoms with Crippen molar-refractivity contribution < 1.29 is 62.9 Å². The van der Waals surface area contributed by atoms with E-state index in [4.69, 9.17) is 9.47 Å².